The Bertz CT molecular complexity index is 655. The Labute approximate surface area is 125 Å². The van der Waals surface area contributed by atoms with Crippen molar-refractivity contribution in [1.29, 1.82) is 0 Å². The number of nitrogens with zero attached hydrogens (tertiary/aromatic N) is 3. The summed E-state index contributed by atoms with van der Waals surface area (Å²) in [6.45, 7) is 0.759. The number of hydrogen-bond acceptors (Lipinski definition) is 4. The molecule has 1 atom stereocenters. The molecule has 0 amide bonds. The molecule has 0 unspecified atom stereocenters. The molecule has 116 valence electrons. The summed E-state index contributed by atoms with van der Waals surface area (Å²) in [5.74, 6) is 0.894. The number of anilines is 2. The van der Waals surface area contributed by atoms with E-state index in [1.165, 1.54) is 12.1 Å². The number of aromatic nitrogens is 2. The van der Waals surface area contributed by atoms with Gasteiger partial charge in [-0.1, -0.05) is 12.1 Å². The summed E-state index contributed by atoms with van der Waals surface area (Å²) in [7, 11) is 0. The van der Waals surface area contributed by atoms with Gasteiger partial charge >= 0.3 is 6.18 Å². The van der Waals surface area contributed by atoms with Crippen molar-refractivity contribution in [2.75, 3.05) is 17.2 Å². The van der Waals surface area contributed by atoms with Crippen molar-refractivity contribution in [2.24, 2.45) is 0 Å². The Balaban J connectivity index is 1.87. The van der Waals surface area contributed by atoms with E-state index >= 15 is 0 Å². The van der Waals surface area contributed by atoms with E-state index in [9.17, 15) is 13.2 Å². The van der Waals surface area contributed by atoms with E-state index in [1.807, 2.05) is 4.90 Å². The maximum Gasteiger partial charge on any atom is 0.416 e. The molecular formula is C15H15F3N4. The van der Waals surface area contributed by atoms with Gasteiger partial charge in [0.2, 0.25) is 5.95 Å². The van der Waals surface area contributed by atoms with Crippen LogP contribution >= 0.6 is 0 Å². The van der Waals surface area contributed by atoms with Crippen LogP contribution in [0.15, 0.2) is 36.5 Å². The molecule has 1 aromatic heterocycles. The maximum atomic E-state index is 12.6. The molecule has 0 radical (unpaired) electrons. The molecule has 1 aromatic carbocycles. The Morgan fingerprint density at radius 1 is 1.14 bits per heavy atom. The summed E-state index contributed by atoms with van der Waals surface area (Å²) in [6, 6.07) is 6.87. The predicted molar refractivity (Wildman–Crippen MR) is 77.2 cm³/mol. The van der Waals surface area contributed by atoms with Crippen LogP contribution < -0.4 is 10.6 Å². The highest BCUT2D eigenvalue weighted by Gasteiger charge is 2.32. The topological polar surface area (TPSA) is 55.0 Å². The monoisotopic (exact) mass is 308 g/mol. The molecule has 1 saturated heterocycles. The van der Waals surface area contributed by atoms with Crippen LogP contribution in [0, 0.1) is 0 Å². The highest BCUT2D eigenvalue weighted by Crippen LogP contribution is 2.36. The van der Waals surface area contributed by atoms with Crippen molar-refractivity contribution in [2.45, 2.75) is 25.1 Å². The lowest BCUT2D eigenvalue weighted by atomic mass is 10.0. The lowest BCUT2D eigenvalue weighted by molar-refractivity contribution is -0.137. The minimum atomic E-state index is -4.31. The van der Waals surface area contributed by atoms with Crippen LogP contribution in [0.1, 0.15) is 30.0 Å². The molecule has 7 heteroatoms. The zero-order valence-electron chi connectivity index (χ0n) is 11.7. The van der Waals surface area contributed by atoms with Crippen molar-refractivity contribution < 1.29 is 13.2 Å². The first-order valence-electron chi connectivity index (χ1n) is 6.97. The third kappa shape index (κ3) is 2.84. The molecule has 0 bridgehead atoms. The number of hydrogen-bond donors (Lipinski definition) is 1. The molecule has 0 aliphatic carbocycles. The van der Waals surface area contributed by atoms with E-state index in [0.29, 0.717) is 11.8 Å². The van der Waals surface area contributed by atoms with Gasteiger partial charge in [-0.25, -0.2) is 4.98 Å². The molecule has 0 saturated carbocycles. The number of benzene rings is 1. The van der Waals surface area contributed by atoms with Gasteiger partial charge in [-0.2, -0.15) is 18.2 Å². The summed E-state index contributed by atoms with van der Waals surface area (Å²) < 4.78 is 37.9. The fourth-order valence-corrected chi connectivity index (χ4v) is 2.75. The number of nitrogens with two attached hydrogens (primary N) is 1. The van der Waals surface area contributed by atoms with E-state index in [2.05, 4.69) is 9.97 Å². The zero-order chi connectivity index (χ0) is 15.7. The van der Waals surface area contributed by atoms with Crippen molar-refractivity contribution in [3.63, 3.8) is 0 Å². The second-order valence-electron chi connectivity index (χ2n) is 5.25. The smallest absolute Gasteiger partial charge is 0.384 e. The summed E-state index contributed by atoms with van der Waals surface area (Å²) in [5.41, 5.74) is 5.87. The molecular weight excluding hydrogens is 293 g/mol. The molecule has 22 heavy (non-hydrogen) atoms. The van der Waals surface area contributed by atoms with Crippen LogP contribution in [0.25, 0.3) is 0 Å². The first-order valence-corrected chi connectivity index (χ1v) is 6.97. The van der Waals surface area contributed by atoms with Crippen molar-refractivity contribution in [3.8, 4) is 0 Å². The summed E-state index contributed by atoms with van der Waals surface area (Å²) in [6.07, 6.45) is -0.946. The standard InChI is InChI=1S/C15H15F3N4/c16-15(17,18)11-5-3-10(4-6-11)12-2-1-9-22(12)14-20-8-7-13(19)21-14/h3-8,12H,1-2,9H2,(H2,19,20,21)/t12-/m1/s1. The summed E-state index contributed by atoms with van der Waals surface area (Å²) in [5, 5.41) is 0. The lowest BCUT2D eigenvalue weighted by Gasteiger charge is -2.25. The van der Waals surface area contributed by atoms with Gasteiger partial charge in [0.15, 0.2) is 0 Å². The Hall–Kier alpha value is -2.31. The SMILES string of the molecule is Nc1ccnc(N2CCC[C@@H]2c2ccc(C(F)(F)F)cc2)n1. The van der Waals surface area contributed by atoms with E-state index in [-0.39, 0.29) is 6.04 Å². The van der Waals surface area contributed by atoms with Gasteiger partial charge in [0, 0.05) is 12.7 Å². The normalized spacial score (nSPS) is 18.7. The Kier molecular flexibility index (Phi) is 3.64. The van der Waals surface area contributed by atoms with E-state index in [1.54, 1.807) is 12.3 Å². The highest BCUT2D eigenvalue weighted by atomic mass is 19.4. The second kappa shape index (κ2) is 5.47. The Morgan fingerprint density at radius 3 is 2.50 bits per heavy atom. The van der Waals surface area contributed by atoms with Crippen molar-refractivity contribution >= 4 is 11.8 Å². The molecule has 2 heterocycles. The van der Waals surface area contributed by atoms with E-state index in [0.717, 1.165) is 37.1 Å². The van der Waals surface area contributed by atoms with Gasteiger partial charge in [0.25, 0.3) is 0 Å². The van der Waals surface area contributed by atoms with Gasteiger partial charge < -0.3 is 10.6 Å². The minimum Gasteiger partial charge on any atom is -0.384 e. The average molecular weight is 308 g/mol. The van der Waals surface area contributed by atoms with Gasteiger partial charge in [-0.3, -0.25) is 0 Å². The fraction of sp³-hybridized carbons (Fsp3) is 0.333. The van der Waals surface area contributed by atoms with Gasteiger partial charge in [0.05, 0.1) is 11.6 Å². The van der Waals surface area contributed by atoms with Crippen LogP contribution in [0.5, 0.6) is 0 Å². The number of halogens is 3. The van der Waals surface area contributed by atoms with Crippen LogP contribution in [-0.2, 0) is 6.18 Å². The zero-order valence-corrected chi connectivity index (χ0v) is 11.7. The van der Waals surface area contributed by atoms with Crippen molar-refractivity contribution in [1.82, 2.24) is 9.97 Å². The number of rotatable bonds is 2. The average Bonchev–Trinajstić information content (AvgIpc) is 2.96. The first-order chi connectivity index (χ1) is 10.4. The van der Waals surface area contributed by atoms with Crippen LogP contribution in [-0.4, -0.2) is 16.5 Å². The maximum absolute atomic E-state index is 12.6. The third-order valence-electron chi connectivity index (χ3n) is 3.80. The molecule has 2 N–H and O–H groups in total. The van der Waals surface area contributed by atoms with Crippen LogP contribution in [0.4, 0.5) is 24.9 Å². The lowest BCUT2D eigenvalue weighted by Crippen LogP contribution is -2.25. The molecule has 0 spiro atoms. The summed E-state index contributed by atoms with van der Waals surface area (Å²) in [4.78, 5) is 10.4. The summed E-state index contributed by atoms with van der Waals surface area (Å²) >= 11 is 0. The van der Waals surface area contributed by atoms with Gasteiger partial charge in [-0.05, 0) is 36.6 Å². The molecule has 1 aliphatic rings. The van der Waals surface area contributed by atoms with E-state index < -0.39 is 11.7 Å². The highest BCUT2D eigenvalue weighted by molar-refractivity contribution is 5.43. The van der Waals surface area contributed by atoms with Gasteiger partial charge in [-0.15, -0.1) is 0 Å². The van der Waals surface area contributed by atoms with E-state index in [4.69, 9.17) is 5.73 Å². The molecule has 3 rings (SSSR count). The fourth-order valence-electron chi connectivity index (χ4n) is 2.75. The second-order valence-corrected chi connectivity index (χ2v) is 5.25. The largest absolute Gasteiger partial charge is 0.416 e. The number of alkyl halides is 3. The van der Waals surface area contributed by atoms with Gasteiger partial charge in [0.1, 0.15) is 5.82 Å². The molecule has 1 aliphatic heterocycles. The number of nitrogen functional groups attached to an aromatic ring is 1. The van der Waals surface area contributed by atoms with Crippen LogP contribution in [0.2, 0.25) is 0 Å². The first kappa shape index (κ1) is 14.6. The quantitative estimate of drug-likeness (QED) is 0.923. The van der Waals surface area contributed by atoms with Crippen LogP contribution in [0.3, 0.4) is 0 Å². The minimum absolute atomic E-state index is 0.0240. The molecule has 4 nitrogen and oxygen atoms in total. The van der Waals surface area contributed by atoms with Crippen molar-refractivity contribution in [3.05, 3.63) is 47.7 Å². The molecule has 1 fully saturated rings. The Morgan fingerprint density at radius 2 is 1.86 bits per heavy atom. The third-order valence-corrected chi connectivity index (χ3v) is 3.80. The predicted octanol–water partition coefficient (Wildman–Crippen LogP) is 3.42. The molecule has 2 aromatic rings.